The maximum absolute atomic E-state index is 6.84. The molecule has 6 nitrogen and oxygen atoms in total. The summed E-state index contributed by atoms with van der Waals surface area (Å²) in [5.41, 5.74) is 12.1. The highest BCUT2D eigenvalue weighted by Gasteiger charge is 2.28. The van der Waals surface area contributed by atoms with Gasteiger partial charge in [-0.2, -0.15) is 0 Å². The van der Waals surface area contributed by atoms with E-state index in [1.165, 1.54) is 21.8 Å². The van der Waals surface area contributed by atoms with Gasteiger partial charge in [0, 0.05) is 60.8 Å². The van der Waals surface area contributed by atoms with Crippen molar-refractivity contribution < 1.29 is 8.83 Å². The average molecular weight is 735 g/mol. The predicted molar refractivity (Wildman–Crippen MR) is 232 cm³/mol. The number of hydrogen-bond acceptors (Lipinski definition) is 5. The first kappa shape index (κ1) is 31.9. The number of amidine groups is 1. The number of rotatable bonds is 5. The lowest BCUT2D eigenvalue weighted by Gasteiger charge is -2.32. The van der Waals surface area contributed by atoms with Crippen molar-refractivity contribution in [3.05, 3.63) is 199 Å². The number of furan rings is 2. The van der Waals surface area contributed by atoms with Crippen molar-refractivity contribution in [2.45, 2.75) is 12.3 Å². The van der Waals surface area contributed by atoms with Crippen molar-refractivity contribution in [3.63, 3.8) is 0 Å². The van der Waals surface area contributed by atoms with Crippen molar-refractivity contribution >= 4 is 71.5 Å². The average Bonchev–Trinajstić information content (AvgIpc) is 3.96. The Hall–Kier alpha value is -7.41. The molecule has 57 heavy (non-hydrogen) atoms. The second-order valence-electron chi connectivity index (χ2n) is 14.8. The van der Waals surface area contributed by atoms with Crippen LogP contribution in [-0.2, 0) is 0 Å². The van der Waals surface area contributed by atoms with Crippen molar-refractivity contribution in [1.29, 1.82) is 0 Å². The minimum atomic E-state index is -0.331. The third-order valence-corrected chi connectivity index (χ3v) is 11.5. The van der Waals surface area contributed by atoms with Gasteiger partial charge in [0.05, 0.1) is 11.0 Å². The molecule has 6 heteroatoms. The van der Waals surface area contributed by atoms with E-state index in [0.717, 1.165) is 83.2 Å². The van der Waals surface area contributed by atoms with Gasteiger partial charge in [-0.15, -0.1) is 0 Å². The number of aromatic nitrogens is 1. The van der Waals surface area contributed by atoms with Crippen LogP contribution in [0.15, 0.2) is 196 Å². The Morgan fingerprint density at radius 3 is 2.02 bits per heavy atom. The quantitative estimate of drug-likeness (QED) is 0.185. The normalized spacial score (nSPS) is 15.9. The van der Waals surface area contributed by atoms with Gasteiger partial charge in [0.1, 0.15) is 40.5 Å². The first-order valence-corrected chi connectivity index (χ1v) is 19.4. The third-order valence-electron chi connectivity index (χ3n) is 11.5. The zero-order chi connectivity index (χ0) is 37.5. The van der Waals surface area contributed by atoms with Gasteiger partial charge in [-0.05, 0) is 53.6 Å². The number of para-hydroxylation sites is 3. The van der Waals surface area contributed by atoms with Gasteiger partial charge in [0.25, 0.3) is 0 Å². The van der Waals surface area contributed by atoms with E-state index in [1.807, 2.05) is 30.3 Å². The summed E-state index contributed by atoms with van der Waals surface area (Å²) in [4.78, 5) is 5.28. The highest BCUT2D eigenvalue weighted by atomic mass is 16.3. The van der Waals surface area contributed by atoms with E-state index < -0.39 is 0 Å². The zero-order valence-corrected chi connectivity index (χ0v) is 30.7. The van der Waals surface area contributed by atoms with Crippen LogP contribution in [-0.4, -0.2) is 10.4 Å². The molecular weight excluding hydrogens is 701 g/mol. The Balaban J connectivity index is 0.996. The molecule has 4 heterocycles. The molecule has 0 radical (unpaired) electrons. The van der Waals surface area contributed by atoms with E-state index in [0.29, 0.717) is 0 Å². The summed E-state index contributed by atoms with van der Waals surface area (Å²) >= 11 is 0. The van der Waals surface area contributed by atoms with Crippen LogP contribution >= 0.6 is 0 Å². The second kappa shape index (κ2) is 12.6. The summed E-state index contributed by atoms with van der Waals surface area (Å²) in [6, 6.07) is 63.7. The lowest BCUT2D eigenvalue weighted by atomic mass is 9.98. The summed E-state index contributed by atoms with van der Waals surface area (Å²) in [6.45, 7) is 0. The van der Waals surface area contributed by atoms with Gasteiger partial charge in [0.2, 0.25) is 0 Å². The minimum Gasteiger partial charge on any atom is -0.456 e. The molecule has 1 aliphatic heterocycles. The molecule has 270 valence electrons. The maximum atomic E-state index is 6.84. The van der Waals surface area contributed by atoms with E-state index in [9.17, 15) is 0 Å². The molecule has 0 fully saturated rings. The monoisotopic (exact) mass is 734 g/mol. The van der Waals surface area contributed by atoms with Crippen LogP contribution in [0.1, 0.15) is 29.0 Å². The summed E-state index contributed by atoms with van der Waals surface area (Å²) in [7, 11) is 0. The summed E-state index contributed by atoms with van der Waals surface area (Å²) in [6.07, 6.45) is -0.476. The highest BCUT2D eigenvalue weighted by Crippen LogP contribution is 2.42. The van der Waals surface area contributed by atoms with Crippen LogP contribution in [0.5, 0.6) is 0 Å². The molecule has 12 rings (SSSR count). The van der Waals surface area contributed by atoms with Crippen LogP contribution in [0, 0.1) is 0 Å². The van der Waals surface area contributed by atoms with Crippen molar-refractivity contribution in [1.82, 2.24) is 15.2 Å². The number of fused-ring (bicyclic) bond motifs is 9. The van der Waals surface area contributed by atoms with E-state index in [-0.39, 0.29) is 12.3 Å². The van der Waals surface area contributed by atoms with Crippen LogP contribution in [0.2, 0.25) is 0 Å². The third kappa shape index (κ3) is 5.04. The first-order valence-electron chi connectivity index (χ1n) is 19.4. The smallest absolute Gasteiger partial charge is 0.143 e. The summed E-state index contributed by atoms with van der Waals surface area (Å²) < 4.78 is 15.7. The van der Waals surface area contributed by atoms with E-state index in [1.54, 1.807) is 0 Å². The van der Waals surface area contributed by atoms with Gasteiger partial charge in [-0.25, -0.2) is 4.99 Å². The molecule has 0 amide bonds. The van der Waals surface area contributed by atoms with Gasteiger partial charge in [-0.3, -0.25) is 5.32 Å². The van der Waals surface area contributed by atoms with Gasteiger partial charge >= 0.3 is 0 Å². The van der Waals surface area contributed by atoms with Gasteiger partial charge in [0.15, 0.2) is 0 Å². The van der Waals surface area contributed by atoms with Crippen molar-refractivity contribution in [3.8, 4) is 16.8 Å². The number of benzene rings is 8. The molecule has 8 aromatic carbocycles. The molecule has 2 atom stereocenters. The van der Waals surface area contributed by atoms with Crippen LogP contribution < -0.4 is 10.6 Å². The largest absolute Gasteiger partial charge is 0.456 e. The summed E-state index contributed by atoms with van der Waals surface area (Å²) in [5, 5.41) is 14.2. The Bertz CT molecular complexity index is 3320. The topological polar surface area (TPSA) is 67.6 Å². The highest BCUT2D eigenvalue weighted by molar-refractivity contribution is 6.13. The lowest BCUT2D eigenvalue weighted by molar-refractivity contribution is 0.410. The van der Waals surface area contributed by atoms with Crippen LogP contribution in [0.3, 0.4) is 0 Å². The number of nitrogens with one attached hydrogen (secondary N) is 2. The van der Waals surface area contributed by atoms with E-state index in [4.69, 9.17) is 13.8 Å². The predicted octanol–water partition coefficient (Wildman–Crippen LogP) is 12.6. The Morgan fingerprint density at radius 1 is 0.491 bits per heavy atom. The zero-order valence-electron chi connectivity index (χ0n) is 30.7. The molecule has 3 aromatic heterocycles. The molecule has 0 bridgehead atoms. The molecule has 11 aromatic rings. The van der Waals surface area contributed by atoms with Crippen molar-refractivity contribution in [2.75, 3.05) is 0 Å². The molecule has 0 spiro atoms. The maximum Gasteiger partial charge on any atom is 0.143 e. The molecular formula is C51H34N4O2. The Labute approximate surface area is 327 Å². The second-order valence-corrected chi connectivity index (χ2v) is 14.8. The number of hydrogen-bond donors (Lipinski definition) is 2. The van der Waals surface area contributed by atoms with Crippen LogP contribution in [0.25, 0.3) is 82.5 Å². The number of nitrogens with zero attached hydrogens (tertiary/aromatic N) is 2. The molecule has 2 unspecified atom stereocenters. The van der Waals surface area contributed by atoms with Crippen molar-refractivity contribution in [2.24, 2.45) is 4.99 Å². The Morgan fingerprint density at radius 2 is 1.21 bits per heavy atom. The van der Waals surface area contributed by atoms with Gasteiger partial charge < -0.3 is 18.7 Å². The fourth-order valence-electron chi connectivity index (χ4n) is 8.88. The molecule has 0 aliphatic carbocycles. The SMILES string of the molecule is c1ccc(C2=NC(c3cccc4oc5ccc(-c6cccc7c6oc6cc(-n8c9ccccc9c9ccccc98)ccc67)cc5c34)NC(c3ccccc3)N2)cc1. The molecule has 0 saturated heterocycles. The van der Waals surface area contributed by atoms with Gasteiger partial charge in [-0.1, -0.05) is 133 Å². The first-order chi connectivity index (χ1) is 28.2. The summed E-state index contributed by atoms with van der Waals surface area (Å²) in [5.74, 6) is 0.844. The molecule has 2 N–H and O–H groups in total. The number of aliphatic imine (C=N–C) groups is 1. The fraction of sp³-hybridized carbons (Fsp3) is 0.0392. The fourth-order valence-corrected chi connectivity index (χ4v) is 8.88. The standard InChI is InChI=1S/C51H34N4O2/c1-3-13-31(14-4-1)49-52-50(32-15-5-2-6-16-32)54-51(53-49)40-21-12-24-45-47(40)41-29-33(25-28-44(41)56-45)35-19-11-20-39-38-27-26-34(30-46(38)57-48(35)39)55-42-22-9-7-17-36(42)37-18-8-10-23-43(37)55/h1-30,49,51,53H,(H,52,54). The van der Waals surface area contributed by atoms with Crippen LogP contribution in [0.4, 0.5) is 0 Å². The molecule has 0 saturated carbocycles. The Kier molecular flexibility index (Phi) is 7.03. The lowest BCUT2D eigenvalue weighted by Crippen LogP contribution is -2.44. The molecule has 1 aliphatic rings. The van der Waals surface area contributed by atoms with E-state index >= 15 is 0 Å². The van der Waals surface area contributed by atoms with E-state index in [2.05, 4.69) is 167 Å². The minimum absolute atomic E-state index is 0.144.